The summed E-state index contributed by atoms with van der Waals surface area (Å²) in [6.07, 6.45) is 1.53. The third-order valence-corrected chi connectivity index (χ3v) is 4.27. The van der Waals surface area contributed by atoms with E-state index in [0.29, 0.717) is 35.6 Å². The van der Waals surface area contributed by atoms with Crippen molar-refractivity contribution in [2.45, 2.75) is 13.0 Å². The number of morpholine rings is 1. The van der Waals surface area contributed by atoms with Crippen LogP contribution in [0.25, 0.3) is 5.65 Å². The molecule has 2 aromatic heterocycles. The number of hydrogen-bond acceptors (Lipinski definition) is 6. The van der Waals surface area contributed by atoms with E-state index in [0.717, 1.165) is 0 Å². The summed E-state index contributed by atoms with van der Waals surface area (Å²) in [5.41, 5.74) is 0.485. The summed E-state index contributed by atoms with van der Waals surface area (Å²) in [6, 6.07) is 3.07. The normalized spacial score (nSPS) is 18.2. The Balaban J connectivity index is 2.10. The number of nitrogens with zero attached hydrogens (tertiary/aromatic N) is 3. The number of hydrogen-bond donors (Lipinski definition) is 0. The SMILES string of the molecule is COC(=O)c1cc(Br)c2nc(N3CCO[C@H](C)C3)cc(=O)n2c1. The molecule has 0 amide bonds. The maximum absolute atomic E-state index is 12.4. The van der Waals surface area contributed by atoms with E-state index in [4.69, 9.17) is 9.47 Å². The van der Waals surface area contributed by atoms with Crippen LogP contribution in [0.3, 0.4) is 0 Å². The Bertz CT molecular complexity index is 820. The summed E-state index contributed by atoms with van der Waals surface area (Å²) < 4.78 is 12.1. The molecule has 3 heterocycles. The predicted octanol–water partition coefficient (Wildman–Crippen LogP) is 1.47. The zero-order valence-corrected chi connectivity index (χ0v) is 14.4. The van der Waals surface area contributed by atoms with Crippen LogP contribution in [0.2, 0.25) is 0 Å². The van der Waals surface area contributed by atoms with Crippen molar-refractivity contribution in [2.24, 2.45) is 0 Å². The van der Waals surface area contributed by atoms with Crippen molar-refractivity contribution in [3.05, 3.63) is 38.7 Å². The molecule has 3 rings (SSSR count). The summed E-state index contributed by atoms with van der Waals surface area (Å²) in [5.74, 6) is 0.0993. The van der Waals surface area contributed by atoms with Crippen LogP contribution in [0.4, 0.5) is 5.82 Å². The fourth-order valence-corrected chi connectivity index (χ4v) is 3.09. The van der Waals surface area contributed by atoms with Crippen molar-refractivity contribution in [3.8, 4) is 0 Å². The highest BCUT2D eigenvalue weighted by molar-refractivity contribution is 9.10. The molecule has 8 heteroatoms. The highest BCUT2D eigenvalue weighted by Crippen LogP contribution is 2.21. The second kappa shape index (κ2) is 6.29. The third kappa shape index (κ3) is 3.09. The Labute approximate surface area is 141 Å². The summed E-state index contributed by atoms with van der Waals surface area (Å²) in [5, 5.41) is 0. The molecule has 0 aliphatic carbocycles. The van der Waals surface area contributed by atoms with Gasteiger partial charge in [-0.05, 0) is 28.9 Å². The molecule has 0 radical (unpaired) electrons. The molecule has 23 heavy (non-hydrogen) atoms. The molecule has 122 valence electrons. The Morgan fingerprint density at radius 2 is 2.26 bits per heavy atom. The van der Waals surface area contributed by atoms with Crippen LogP contribution in [-0.4, -0.2) is 48.3 Å². The second-order valence-electron chi connectivity index (χ2n) is 5.34. The third-order valence-electron chi connectivity index (χ3n) is 3.69. The number of aromatic nitrogens is 2. The van der Waals surface area contributed by atoms with Crippen molar-refractivity contribution in [2.75, 3.05) is 31.7 Å². The van der Waals surface area contributed by atoms with Gasteiger partial charge in [0.1, 0.15) is 5.82 Å². The Morgan fingerprint density at radius 1 is 1.48 bits per heavy atom. The van der Waals surface area contributed by atoms with E-state index in [2.05, 4.69) is 20.9 Å². The predicted molar refractivity (Wildman–Crippen MR) is 88.1 cm³/mol. The van der Waals surface area contributed by atoms with Gasteiger partial charge in [-0.1, -0.05) is 0 Å². The average Bonchev–Trinajstić information content (AvgIpc) is 2.54. The van der Waals surface area contributed by atoms with Gasteiger partial charge in [-0.2, -0.15) is 0 Å². The minimum atomic E-state index is -0.509. The van der Waals surface area contributed by atoms with Crippen molar-refractivity contribution in [1.82, 2.24) is 9.38 Å². The molecule has 0 unspecified atom stereocenters. The lowest BCUT2D eigenvalue weighted by atomic mass is 10.2. The summed E-state index contributed by atoms with van der Waals surface area (Å²) in [7, 11) is 1.30. The van der Waals surface area contributed by atoms with Crippen LogP contribution >= 0.6 is 15.9 Å². The monoisotopic (exact) mass is 381 g/mol. The minimum absolute atomic E-state index is 0.0918. The van der Waals surface area contributed by atoms with Gasteiger partial charge in [0, 0.05) is 25.4 Å². The van der Waals surface area contributed by atoms with E-state index in [1.807, 2.05) is 11.8 Å². The number of methoxy groups -OCH3 is 1. The number of carbonyl (C=O) groups excluding carboxylic acids is 1. The molecule has 1 aliphatic heterocycles. The Morgan fingerprint density at radius 3 is 2.96 bits per heavy atom. The lowest BCUT2D eigenvalue weighted by molar-refractivity contribution is 0.0529. The van der Waals surface area contributed by atoms with Crippen LogP contribution < -0.4 is 10.5 Å². The first kappa shape index (κ1) is 15.9. The zero-order chi connectivity index (χ0) is 16.6. The van der Waals surface area contributed by atoms with Gasteiger partial charge >= 0.3 is 5.97 Å². The van der Waals surface area contributed by atoms with E-state index in [1.165, 1.54) is 23.8 Å². The Hall–Kier alpha value is -1.93. The average molecular weight is 382 g/mol. The molecule has 0 bridgehead atoms. The smallest absolute Gasteiger partial charge is 0.339 e. The minimum Gasteiger partial charge on any atom is -0.465 e. The number of halogens is 1. The van der Waals surface area contributed by atoms with Crippen molar-refractivity contribution < 1.29 is 14.3 Å². The molecule has 1 fully saturated rings. The van der Waals surface area contributed by atoms with E-state index < -0.39 is 5.97 Å². The summed E-state index contributed by atoms with van der Waals surface area (Å²) >= 11 is 3.38. The van der Waals surface area contributed by atoms with E-state index in [9.17, 15) is 9.59 Å². The van der Waals surface area contributed by atoms with E-state index >= 15 is 0 Å². The first-order valence-corrected chi connectivity index (χ1v) is 7.96. The number of ether oxygens (including phenoxy) is 2. The second-order valence-corrected chi connectivity index (χ2v) is 6.20. The van der Waals surface area contributed by atoms with E-state index in [1.54, 1.807) is 6.07 Å². The topological polar surface area (TPSA) is 73.1 Å². The van der Waals surface area contributed by atoms with Crippen LogP contribution in [0.1, 0.15) is 17.3 Å². The lowest BCUT2D eigenvalue weighted by Gasteiger charge is -2.32. The van der Waals surface area contributed by atoms with Gasteiger partial charge in [0.15, 0.2) is 5.65 Å². The molecule has 1 saturated heterocycles. The molecular formula is C15H16BrN3O4. The van der Waals surface area contributed by atoms with Gasteiger partial charge in [-0.15, -0.1) is 0 Å². The largest absolute Gasteiger partial charge is 0.465 e. The quantitative estimate of drug-likeness (QED) is 0.733. The highest BCUT2D eigenvalue weighted by Gasteiger charge is 2.20. The van der Waals surface area contributed by atoms with Crippen LogP contribution in [0.15, 0.2) is 27.6 Å². The Kier molecular flexibility index (Phi) is 4.36. The molecule has 2 aromatic rings. The number of pyridine rings is 1. The van der Waals surface area contributed by atoms with Gasteiger partial charge in [0.05, 0.1) is 29.9 Å². The van der Waals surface area contributed by atoms with Crippen LogP contribution in [0, 0.1) is 0 Å². The van der Waals surface area contributed by atoms with Crippen LogP contribution in [-0.2, 0) is 9.47 Å². The fourth-order valence-electron chi connectivity index (χ4n) is 2.57. The fraction of sp³-hybridized carbons (Fsp3) is 0.400. The standard InChI is InChI=1S/C15H16BrN3O4/c1-9-7-18(3-4-23-9)12-6-13(20)19-8-10(15(21)22-2)5-11(16)14(19)17-12/h5-6,8-9H,3-4,7H2,1-2H3/t9-/m1/s1. The number of anilines is 1. The van der Waals surface area contributed by atoms with Crippen molar-refractivity contribution in [1.29, 1.82) is 0 Å². The number of carbonyl (C=O) groups is 1. The molecule has 0 spiro atoms. The molecule has 1 atom stereocenters. The van der Waals surface area contributed by atoms with Gasteiger partial charge in [-0.3, -0.25) is 9.20 Å². The van der Waals surface area contributed by atoms with Gasteiger partial charge < -0.3 is 14.4 Å². The molecule has 7 nitrogen and oxygen atoms in total. The zero-order valence-electron chi connectivity index (χ0n) is 12.8. The number of rotatable bonds is 2. The van der Waals surface area contributed by atoms with Crippen molar-refractivity contribution >= 4 is 33.4 Å². The van der Waals surface area contributed by atoms with Crippen molar-refractivity contribution in [3.63, 3.8) is 0 Å². The molecular weight excluding hydrogens is 366 g/mol. The molecule has 0 saturated carbocycles. The van der Waals surface area contributed by atoms with Gasteiger partial charge in [0.2, 0.25) is 0 Å². The highest BCUT2D eigenvalue weighted by atomic mass is 79.9. The first-order valence-electron chi connectivity index (χ1n) is 7.17. The number of fused-ring (bicyclic) bond motifs is 1. The molecule has 1 aliphatic rings. The number of esters is 1. The lowest BCUT2D eigenvalue weighted by Crippen LogP contribution is -2.42. The summed E-state index contributed by atoms with van der Waals surface area (Å²) in [4.78, 5) is 30.7. The molecule has 0 aromatic carbocycles. The van der Waals surface area contributed by atoms with Gasteiger partial charge in [0.25, 0.3) is 5.56 Å². The molecule has 0 N–H and O–H groups in total. The maximum Gasteiger partial charge on any atom is 0.339 e. The maximum atomic E-state index is 12.4. The van der Waals surface area contributed by atoms with Crippen LogP contribution in [0.5, 0.6) is 0 Å². The summed E-state index contributed by atoms with van der Waals surface area (Å²) in [6.45, 7) is 3.95. The van der Waals surface area contributed by atoms with Gasteiger partial charge in [-0.25, -0.2) is 9.78 Å². The first-order chi connectivity index (χ1) is 11.0. The van der Waals surface area contributed by atoms with E-state index in [-0.39, 0.29) is 17.2 Å².